The summed E-state index contributed by atoms with van der Waals surface area (Å²) in [7, 11) is 0. The topological polar surface area (TPSA) is 3.24 Å². The predicted octanol–water partition coefficient (Wildman–Crippen LogP) is 2.79. The van der Waals surface area contributed by atoms with Crippen LogP contribution in [0.25, 0.3) is 0 Å². The van der Waals surface area contributed by atoms with Crippen molar-refractivity contribution >= 4 is 15.9 Å². The molecular formula is C10H11BrFN. The molecule has 1 aliphatic rings. The van der Waals surface area contributed by atoms with Crippen LogP contribution in [0.1, 0.15) is 12.0 Å². The molecule has 0 bridgehead atoms. The van der Waals surface area contributed by atoms with Crippen LogP contribution in [0.3, 0.4) is 0 Å². The third kappa shape index (κ3) is 2.09. The molecule has 1 aliphatic heterocycles. The van der Waals surface area contributed by atoms with E-state index in [4.69, 9.17) is 0 Å². The van der Waals surface area contributed by atoms with E-state index in [1.54, 1.807) is 0 Å². The number of hydrogen-bond acceptors (Lipinski definition) is 1. The van der Waals surface area contributed by atoms with E-state index in [0.29, 0.717) is 0 Å². The highest BCUT2D eigenvalue weighted by Gasteiger charge is 2.14. The first kappa shape index (κ1) is 9.16. The van der Waals surface area contributed by atoms with E-state index < -0.39 is 0 Å². The van der Waals surface area contributed by atoms with Gasteiger partial charge in [-0.1, -0.05) is 22.0 Å². The van der Waals surface area contributed by atoms with E-state index >= 15 is 0 Å². The van der Waals surface area contributed by atoms with E-state index in [-0.39, 0.29) is 5.82 Å². The molecule has 0 saturated carbocycles. The Hall–Kier alpha value is -0.410. The Labute approximate surface area is 85.7 Å². The molecule has 0 radical (unpaired) electrons. The van der Waals surface area contributed by atoms with Gasteiger partial charge in [0.25, 0.3) is 0 Å². The summed E-state index contributed by atoms with van der Waals surface area (Å²) in [5.41, 5.74) is 1.17. The van der Waals surface area contributed by atoms with Gasteiger partial charge in [0.1, 0.15) is 5.82 Å². The largest absolute Gasteiger partial charge is 0.299 e. The van der Waals surface area contributed by atoms with Crippen LogP contribution in [0.4, 0.5) is 4.39 Å². The summed E-state index contributed by atoms with van der Waals surface area (Å²) in [5, 5.41) is 0. The smallest absolute Gasteiger partial charge is 0.124 e. The minimum absolute atomic E-state index is 0.181. The number of benzene rings is 1. The van der Waals surface area contributed by atoms with Gasteiger partial charge in [0.15, 0.2) is 0 Å². The molecule has 1 nitrogen and oxygen atoms in total. The average Bonchev–Trinajstić information content (AvgIpc) is 1.99. The van der Waals surface area contributed by atoms with Crippen molar-refractivity contribution in [1.29, 1.82) is 0 Å². The van der Waals surface area contributed by atoms with Crippen molar-refractivity contribution in [2.75, 3.05) is 13.1 Å². The highest BCUT2D eigenvalue weighted by molar-refractivity contribution is 9.10. The second-order valence-corrected chi connectivity index (χ2v) is 4.22. The predicted molar refractivity (Wildman–Crippen MR) is 54.0 cm³/mol. The SMILES string of the molecule is Fc1ccc(CN2CCC2)c(Br)c1. The van der Waals surface area contributed by atoms with Crippen LogP contribution in [-0.4, -0.2) is 18.0 Å². The van der Waals surface area contributed by atoms with Crippen LogP contribution in [0.2, 0.25) is 0 Å². The Balaban J connectivity index is 2.10. The Morgan fingerprint density at radius 2 is 2.15 bits per heavy atom. The number of nitrogens with zero attached hydrogens (tertiary/aromatic N) is 1. The molecule has 1 aromatic carbocycles. The lowest BCUT2D eigenvalue weighted by atomic mass is 10.1. The highest BCUT2D eigenvalue weighted by atomic mass is 79.9. The van der Waals surface area contributed by atoms with Crippen molar-refractivity contribution in [2.45, 2.75) is 13.0 Å². The van der Waals surface area contributed by atoms with Crippen LogP contribution < -0.4 is 0 Å². The van der Waals surface area contributed by atoms with Crippen molar-refractivity contribution < 1.29 is 4.39 Å². The first-order valence-electron chi connectivity index (χ1n) is 4.42. The van der Waals surface area contributed by atoms with Crippen molar-refractivity contribution in [2.24, 2.45) is 0 Å². The summed E-state index contributed by atoms with van der Waals surface area (Å²) in [4.78, 5) is 2.35. The zero-order valence-corrected chi connectivity index (χ0v) is 8.85. The molecule has 3 heteroatoms. The Morgan fingerprint density at radius 1 is 1.38 bits per heavy atom. The molecule has 2 rings (SSSR count). The molecule has 1 fully saturated rings. The molecule has 70 valence electrons. The lowest BCUT2D eigenvalue weighted by molar-refractivity contribution is 0.172. The van der Waals surface area contributed by atoms with Gasteiger partial charge in [0, 0.05) is 11.0 Å². The van der Waals surface area contributed by atoms with Gasteiger partial charge in [-0.15, -0.1) is 0 Å². The van der Waals surface area contributed by atoms with Gasteiger partial charge >= 0.3 is 0 Å². The summed E-state index contributed by atoms with van der Waals surface area (Å²) < 4.78 is 13.6. The minimum atomic E-state index is -0.181. The van der Waals surface area contributed by atoms with Crippen molar-refractivity contribution in [3.05, 3.63) is 34.1 Å². The van der Waals surface area contributed by atoms with Gasteiger partial charge in [0.2, 0.25) is 0 Å². The second kappa shape index (κ2) is 3.76. The molecule has 1 aromatic rings. The maximum Gasteiger partial charge on any atom is 0.124 e. The van der Waals surface area contributed by atoms with Crippen LogP contribution in [-0.2, 0) is 6.54 Å². The molecule has 1 saturated heterocycles. The lowest BCUT2D eigenvalue weighted by Gasteiger charge is -2.30. The maximum atomic E-state index is 12.7. The van der Waals surface area contributed by atoms with Crippen molar-refractivity contribution in [3.8, 4) is 0 Å². The standard InChI is InChI=1S/C10H11BrFN/c11-10-6-9(12)3-2-8(10)7-13-4-1-5-13/h2-3,6H,1,4-5,7H2. The first-order chi connectivity index (χ1) is 6.25. The van der Waals surface area contributed by atoms with E-state index in [9.17, 15) is 4.39 Å². The number of rotatable bonds is 2. The number of hydrogen-bond donors (Lipinski definition) is 0. The van der Waals surface area contributed by atoms with Crippen LogP contribution >= 0.6 is 15.9 Å². The van der Waals surface area contributed by atoms with E-state index in [1.165, 1.54) is 37.2 Å². The van der Waals surface area contributed by atoms with Crippen LogP contribution in [0, 0.1) is 5.82 Å². The summed E-state index contributed by atoms with van der Waals surface area (Å²) in [5.74, 6) is -0.181. The highest BCUT2D eigenvalue weighted by Crippen LogP contribution is 2.21. The van der Waals surface area contributed by atoms with Gasteiger partial charge in [-0.25, -0.2) is 4.39 Å². The third-order valence-corrected chi connectivity index (χ3v) is 3.10. The fourth-order valence-corrected chi connectivity index (χ4v) is 1.91. The Morgan fingerprint density at radius 3 is 2.69 bits per heavy atom. The fraction of sp³-hybridized carbons (Fsp3) is 0.400. The maximum absolute atomic E-state index is 12.7. The molecule has 1 heterocycles. The first-order valence-corrected chi connectivity index (χ1v) is 5.21. The van der Waals surface area contributed by atoms with Gasteiger partial charge in [-0.2, -0.15) is 0 Å². The third-order valence-electron chi connectivity index (χ3n) is 2.36. The molecule has 0 spiro atoms. The molecule has 0 aliphatic carbocycles. The van der Waals surface area contributed by atoms with Gasteiger partial charge < -0.3 is 0 Å². The number of likely N-dealkylation sites (tertiary alicyclic amines) is 1. The van der Waals surface area contributed by atoms with E-state index in [0.717, 1.165) is 11.0 Å². The Kier molecular flexibility index (Phi) is 2.65. The van der Waals surface area contributed by atoms with Gasteiger partial charge in [-0.05, 0) is 37.2 Å². The van der Waals surface area contributed by atoms with Crippen molar-refractivity contribution in [1.82, 2.24) is 4.90 Å². The average molecular weight is 244 g/mol. The van der Waals surface area contributed by atoms with Crippen LogP contribution in [0.5, 0.6) is 0 Å². The summed E-state index contributed by atoms with van der Waals surface area (Å²) in [6.07, 6.45) is 1.29. The molecule has 0 unspecified atom stereocenters. The quantitative estimate of drug-likeness (QED) is 0.773. The van der Waals surface area contributed by atoms with Crippen LogP contribution in [0.15, 0.2) is 22.7 Å². The zero-order valence-electron chi connectivity index (χ0n) is 7.26. The number of halogens is 2. The lowest BCUT2D eigenvalue weighted by Crippen LogP contribution is -2.36. The zero-order chi connectivity index (χ0) is 9.26. The van der Waals surface area contributed by atoms with E-state index in [1.807, 2.05) is 6.07 Å². The molecule has 0 N–H and O–H groups in total. The molecular weight excluding hydrogens is 233 g/mol. The summed E-state index contributed by atoms with van der Waals surface area (Å²) in [6.45, 7) is 3.27. The molecule has 13 heavy (non-hydrogen) atoms. The normalized spacial score (nSPS) is 17.1. The second-order valence-electron chi connectivity index (χ2n) is 3.37. The molecule has 0 atom stereocenters. The monoisotopic (exact) mass is 243 g/mol. The summed E-state index contributed by atoms with van der Waals surface area (Å²) >= 11 is 3.36. The van der Waals surface area contributed by atoms with Gasteiger partial charge in [-0.3, -0.25) is 4.90 Å². The Bertz CT molecular complexity index is 310. The summed E-state index contributed by atoms with van der Waals surface area (Å²) in [6, 6.07) is 4.88. The molecule has 0 amide bonds. The fourth-order valence-electron chi connectivity index (χ4n) is 1.43. The van der Waals surface area contributed by atoms with E-state index in [2.05, 4.69) is 20.8 Å². The van der Waals surface area contributed by atoms with Gasteiger partial charge in [0.05, 0.1) is 0 Å². The molecule has 0 aromatic heterocycles. The van der Waals surface area contributed by atoms with Crippen molar-refractivity contribution in [3.63, 3.8) is 0 Å². The minimum Gasteiger partial charge on any atom is -0.299 e.